The molecule has 22 heteroatoms. The Morgan fingerprint density at radius 3 is 1.19 bits per heavy atom. The molecule has 1 aliphatic rings. The molecule has 1 aliphatic heterocycles. The van der Waals surface area contributed by atoms with E-state index in [4.69, 9.17) is 44.9 Å². The molecule has 0 amide bonds. The molecule has 6 aromatic carbocycles. The predicted molar refractivity (Wildman–Crippen MR) is 495 cm³/mol. The minimum Gasteiger partial charge on any atom is -0.657 e. The second-order valence-corrected chi connectivity index (χ2v) is 31.3. The Morgan fingerprint density at radius 2 is 0.785 bits per heavy atom. The van der Waals surface area contributed by atoms with E-state index in [1.807, 2.05) is 121 Å². The minimum absolute atomic E-state index is 0. The summed E-state index contributed by atoms with van der Waals surface area (Å²) in [6.07, 6.45) is 13.0. The number of nitrogens with zero attached hydrogens (tertiary/aromatic N) is 12. The fourth-order valence-corrected chi connectivity index (χ4v) is 15.8. The van der Waals surface area contributed by atoms with Gasteiger partial charge in [-0.05, 0) is 205 Å². The molecular formula is C108H92F4N12O2Pt4. The van der Waals surface area contributed by atoms with Crippen LogP contribution in [-0.2, 0) is 128 Å². The number of fused-ring (bicyclic) bond motifs is 2. The van der Waals surface area contributed by atoms with Crippen LogP contribution < -0.4 is 30.6 Å². The maximum Gasteiger partial charge on any atom is 2.00 e. The molecule has 11 aromatic heterocycles. The molecule has 17 aromatic rings. The van der Waals surface area contributed by atoms with Crippen molar-refractivity contribution in [2.24, 2.45) is 4.99 Å². The van der Waals surface area contributed by atoms with Crippen molar-refractivity contribution in [3.05, 3.63) is 402 Å². The predicted octanol–water partition coefficient (Wildman–Crippen LogP) is 22.4. The smallest absolute Gasteiger partial charge is 0.657 e. The fourth-order valence-electron chi connectivity index (χ4n) is 15.8. The molecule has 0 saturated carbocycles. The molecule has 0 radical (unpaired) electrons. The molecule has 130 heavy (non-hydrogen) atoms. The summed E-state index contributed by atoms with van der Waals surface area (Å²) in [5.74, 6) is -2.53. The van der Waals surface area contributed by atoms with E-state index in [-0.39, 0.29) is 107 Å². The van der Waals surface area contributed by atoms with Gasteiger partial charge in [0.25, 0.3) is 0 Å². The van der Waals surface area contributed by atoms with Gasteiger partial charge in [0.1, 0.15) is 11.5 Å². The van der Waals surface area contributed by atoms with Crippen molar-refractivity contribution in [1.29, 1.82) is 0 Å². The van der Waals surface area contributed by atoms with Crippen molar-refractivity contribution in [1.82, 2.24) is 54.8 Å². The Labute approximate surface area is 812 Å². The number of benzene rings is 6. The van der Waals surface area contributed by atoms with Gasteiger partial charge in [0.05, 0.1) is 34.2 Å². The Kier molecular flexibility index (Phi) is 33.8. The molecule has 0 spiro atoms. The Hall–Kier alpha value is -12.0. The minimum atomic E-state index is -0.753. The summed E-state index contributed by atoms with van der Waals surface area (Å²) in [5.41, 5.74) is 28.9. The van der Waals surface area contributed by atoms with E-state index >= 15 is 0 Å². The van der Waals surface area contributed by atoms with Crippen LogP contribution in [0.3, 0.4) is 0 Å². The van der Waals surface area contributed by atoms with Gasteiger partial charge in [-0.2, -0.15) is 0 Å². The Bertz CT molecular complexity index is 6830. The van der Waals surface area contributed by atoms with Gasteiger partial charge in [0, 0.05) is 120 Å². The van der Waals surface area contributed by atoms with Crippen LogP contribution in [0.1, 0.15) is 147 Å². The maximum atomic E-state index is 14.0. The van der Waals surface area contributed by atoms with Gasteiger partial charge in [-0.1, -0.05) is 230 Å². The number of para-hydroxylation sites is 4. The summed E-state index contributed by atoms with van der Waals surface area (Å²) in [7, 11) is 0. The number of aryl methyl sites for hydroxylation is 2. The zero-order chi connectivity index (χ0) is 88.3. The van der Waals surface area contributed by atoms with Gasteiger partial charge in [-0.15, -0.1) is 68.8 Å². The van der Waals surface area contributed by atoms with Crippen molar-refractivity contribution < 1.29 is 112 Å². The van der Waals surface area contributed by atoms with E-state index < -0.39 is 28.7 Å². The van der Waals surface area contributed by atoms with Crippen molar-refractivity contribution in [2.45, 2.75) is 120 Å². The quantitative estimate of drug-likeness (QED) is 0.0573. The van der Waals surface area contributed by atoms with Gasteiger partial charge in [0.2, 0.25) is 0 Å². The summed E-state index contributed by atoms with van der Waals surface area (Å²) in [5, 5.41) is 24.8. The summed E-state index contributed by atoms with van der Waals surface area (Å²) in [6.45, 7) is 23.6. The standard InChI is InChI=1S/C31H36N4.C29H22N4.C25H22N2O2.C23H12F4N2.4Pt/c1-8-23-24(9-2)30(34-28(23)16-22-14-12-13-15-32-22)18-31-26(11-4)25(10-3)29(35-31)17-27-20(6)19(5)21(7)33-27;1-18-22-11-3-5-13-24(22)32-28(18)26-15-7-9-20(30-26)17-21-10-8-16-27(31-21)29-19(2)23-12-4-6-14-25(23)33-29;1-25(2,23-15-7-11-19(26-23)17-9-3-5-13-21(17)28)24-16-8-12-20(27-24)18-10-4-6-14-22(18)29;24-14-7-9-18(20(26)11-14)22-5-1-3-16(28-22)13-17-4-2-6-23(29-17)19-10-8-15(25)12-21(19)27;;;;/h12-18H,8-11H2,1-7H3;3-16H,17H2,1-2H3;3-16,28-29H,1-2H3;1-8,11-12H,13H2;;;;/q2*-2;;-2;;3*+2. The number of aliphatic imine (C=N–C) groups is 1. The van der Waals surface area contributed by atoms with Crippen LogP contribution in [-0.4, -0.2) is 50.8 Å². The van der Waals surface area contributed by atoms with E-state index in [2.05, 4.69) is 170 Å². The first-order valence-corrected chi connectivity index (χ1v) is 42.1. The van der Waals surface area contributed by atoms with Crippen LogP contribution in [0.5, 0.6) is 11.5 Å². The number of allylic oxidation sites excluding steroid dienone is 2. The largest absolute Gasteiger partial charge is 2.00 e. The van der Waals surface area contributed by atoms with Crippen LogP contribution in [0.4, 0.5) is 17.6 Å². The number of phenols is 2. The number of phenolic OH excluding ortho intramolecular Hbond substituents is 2. The second-order valence-electron chi connectivity index (χ2n) is 31.3. The van der Waals surface area contributed by atoms with Crippen LogP contribution in [0.2, 0.25) is 0 Å². The van der Waals surface area contributed by atoms with Gasteiger partial charge in [-0.3, -0.25) is 47.5 Å². The molecule has 0 fully saturated rings. The fraction of sp³-hybridized carbons (Fsp3) is 0.167. The molecule has 0 saturated heterocycles. The summed E-state index contributed by atoms with van der Waals surface area (Å²) < 4.78 is 54.2. The van der Waals surface area contributed by atoms with E-state index in [1.165, 1.54) is 55.3 Å². The van der Waals surface area contributed by atoms with Crippen molar-refractivity contribution in [3.63, 3.8) is 0 Å². The average molecular weight is 2450 g/mol. The number of pyridine rings is 7. The van der Waals surface area contributed by atoms with Crippen molar-refractivity contribution in [3.8, 4) is 79.3 Å². The zero-order valence-corrected chi connectivity index (χ0v) is 82.3. The maximum absolute atomic E-state index is 14.0. The van der Waals surface area contributed by atoms with Crippen LogP contribution in [0.25, 0.3) is 108 Å². The Morgan fingerprint density at radius 1 is 0.392 bits per heavy atom. The average Bonchev–Trinajstić information content (AvgIpc) is 1.72. The summed E-state index contributed by atoms with van der Waals surface area (Å²) >= 11 is 0. The molecule has 12 heterocycles. The normalized spacial score (nSPS) is 12.2. The zero-order valence-electron chi connectivity index (χ0n) is 73.3. The molecule has 0 aliphatic carbocycles. The topological polar surface area (TPSA) is 199 Å². The third kappa shape index (κ3) is 22.3. The van der Waals surface area contributed by atoms with Gasteiger partial charge in [-0.25, -0.2) is 0 Å². The number of hydrogen-bond donors (Lipinski definition) is 2. The van der Waals surface area contributed by atoms with Crippen LogP contribution in [0, 0.1) is 49.2 Å². The van der Waals surface area contributed by atoms with E-state index in [9.17, 15) is 27.8 Å². The number of aromatic hydroxyl groups is 2. The molecule has 18 rings (SSSR count). The number of hydrogen-bond acceptors (Lipinski definition) is 10. The molecule has 0 bridgehead atoms. The van der Waals surface area contributed by atoms with E-state index in [0.717, 1.165) is 146 Å². The number of aromatic nitrogens is 11. The molecule has 0 atom stereocenters. The SMILES string of the molecule is CC(C)(c1cccc(-c2ccccc2O)n1)c1cccc(-c2ccccc2O)n1.CCc1c(C=C2N=C(C)C(C)=C2C)[n-]c(C=c2[n-]c(=Cc3ccccn3)c(CC)c2CC)c1CC.Cc1c(-c2cccc(Cc3cccc(-c4[n-]c5ccccc5c4C)n3)n2)[n-]c2ccccc12.Fc1c[c-]c(-c2cccc(Cc3cccc(-c4[c-]cc(F)cc4F)n3)n2)c(F)c1.[Pt+2].[Pt+2].[Pt+2].[Pt]. The number of halogens is 4. The van der Waals surface area contributed by atoms with Gasteiger partial charge < -0.3 is 40.1 Å². The van der Waals surface area contributed by atoms with Crippen LogP contribution >= 0.6 is 0 Å². The monoisotopic (exact) mass is 2440 g/mol. The van der Waals surface area contributed by atoms with Gasteiger partial charge in [0.15, 0.2) is 0 Å². The molecular weight excluding hydrogens is 2350 g/mol. The number of rotatable bonds is 19. The first kappa shape index (κ1) is 98.6. The third-order valence-corrected chi connectivity index (χ3v) is 22.8. The molecule has 0 unspecified atom stereocenters. The summed E-state index contributed by atoms with van der Waals surface area (Å²) in [6, 6.07) is 79.5. The van der Waals surface area contributed by atoms with Crippen molar-refractivity contribution in [2.75, 3.05) is 0 Å². The van der Waals surface area contributed by atoms with E-state index in [1.54, 1.807) is 60.7 Å². The van der Waals surface area contributed by atoms with Gasteiger partial charge >= 0.3 is 63.2 Å². The van der Waals surface area contributed by atoms with E-state index in [0.29, 0.717) is 58.1 Å². The Balaban J connectivity index is 0.000000166. The molecule has 14 nitrogen and oxygen atoms in total. The second kappa shape index (κ2) is 44.5. The first-order valence-electron chi connectivity index (χ1n) is 42.1. The van der Waals surface area contributed by atoms with Crippen molar-refractivity contribution >= 4 is 45.7 Å². The first-order chi connectivity index (χ1) is 61.0. The van der Waals surface area contributed by atoms with Crippen LogP contribution in [0.15, 0.2) is 277 Å². The summed E-state index contributed by atoms with van der Waals surface area (Å²) in [4.78, 5) is 57.4. The molecule has 664 valence electrons. The molecule has 2 N–H and O–H groups in total. The third-order valence-electron chi connectivity index (χ3n) is 22.8.